The number of hydrogen-bond acceptors (Lipinski definition) is 4. The Hall–Kier alpha value is -2.09. The van der Waals surface area contributed by atoms with Gasteiger partial charge >= 0.3 is 0 Å². The summed E-state index contributed by atoms with van der Waals surface area (Å²) in [5.41, 5.74) is 0.560. The summed E-state index contributed by atoms with van der Waals surface area (Å²) in [5.74, 6) is -0.475. The number of amides is 1. The molecule has 0 spiro atoms. The Morgan fingerprint density at radius 3 is 2.72 bits per heavy atom. The van der Waals surface area contributed by atoms with Crippen LogP contribution in [0.2, 0.25) is 0 Å². The summed E-state index contributed by atoms with van der Waals surface area (Å²) in [7, 11) is 0. The van der Waals surface area contributed by atoms with Gasteiger partial charge in [-0.15, -0.1) is 0 Å². The zero-order valence-electron chi connectivity index (χ0n) is 10.8. The van der Waals surface area contributed by atoms with E-state index in [2.05, 4.69) is 10.3 Å². The van der Waals surface area contributed by atoms with Crippen molar-refractivity contribution in [2.75, 3.05) is 11.9 Å². The molecule has 1 unspecified atom stereocenters. The molecule has 1 atom stereocenters. The standard InChI is InChI=1S/C13H17N3O2/c1-4-18-12-6-5-10(8-15-12)16-13(17)11(7-14)9(2)3/h5-6,8-9,11H,4H2,1-3H3,(H,16,17). The molecule has 1 aromatic heterocycles. The number of ether oxygens (including phenoxy) is 1. The Balaban J connectivity index is 2.67. The number of nitrogens with zero attached hydrogens (tertiary/aromatic N) is 2. The number of nitriles is 1. The highest BCUT2D eigenvalue weighted by Gasteiger charge is 2.21. The van der Waals surface area contributed by atoms with Gasteiger partial charge in [-0.3, -0.25) is 4.79 Å². The highest BCUT2D eigenvalue weighted by molar-refractivity contribution is 5.94. The van der Waals surface area contributed by atoms with E-state index in [1.165, 1.54) is 6.20 Å². The molecule has 0 aliphatic heterocycles. The molecule has 1 rings (SSSR count). The maximum absolute atomic E-state index is 11.8. The summed E-state index contributed by atoms with van der Waals surface area (Å²) in [6.07, 6.45) is 1.51. The van der Waals surface area contributed by atoms with Gasteiger partial charge in [0.25, 0.3) is 0 Å². The number of anilines is 1. The maximum Gasteiger partial charge on any atom is 0.242 e. The van der Waals surface area contributed by atoms with Crippen LogP contribution >= 0.6 is 0 Å². The van der Waals surface area contributed by atoms with Gasteiger partial charge < -0.3 is 10.1 Å². The number of aromatic nitrogens is 1. The molecule has 96 valence electrons. The first-order valence-corrected chi connectivity index (χ1v) is 5.87. The second-order valence-corrected chi connectivity index (χ2v) is 4.16. The van der Waals surface area contributed by atoms with Crippen LogP contribution in [0.15, 0.2) is 18.3 Å². The van der Waals surface area contributed by atoms with Crippen LogP contribution in [-0.4, -0.2) is 17.5 Å². The van der Waals surface area contributed by atoms with Gasteiger partial charge in [-0.2, -0.15) is 5.26 Å². The monoisotopic (exact) mass is 247 g/mol. The molecule has 0 radical (unpaired) electrons. The summed E-state index contributed by atoms with van der Waals surface area (Å²) in [6, 6.07) is 5.37. The lowest BCUT2D eigenvalue weighted by Crippen LogP contribution is -2.25. The first-order valence-electron chi connectivity index (χ1n) is 5.87. The molecule has 1 N–H and O–H groups in total. The van der Waals surface area contributed by atoms with E-state index in [1.54, 1.807) is 12.1 Å². The minimum Gasteiger partial charge on any atom is -0.478 e. The van der Waals surface area contributed by atoms with Crippen molar-refractivity contribution in [3.05, 3.63) is 18.3 Å². The van der Waals surface area contributed by atoms with Gasteiger partial charge in [-0.25, -0.2) is 4.98 Å². The van der Waals surface area contributed by atoms with Crippen LogP contribution < -0.4 is 10.1 Å². The SMILES string of the molecule is CCOc1ccc(NC(=O)C(C#N)C(C)C)cn1. The molecule has 1 amide bonds. The van der Waals surface area contributed by atoms with Gasteiger partial charge in [0.05, 0.1) is 24.6 Å². The molecule has 5 nitrogen and oxygen atoms in total. The second-order valence-electron chi connectivity index (χ2n) is 4.16. The van der Waals surface area contributed by atoms with E-state index in [-0.39, 0.29) is 11.8 Å². The largest absolute Gasteiger partial charge is 0.478 e. The van der Waals surface area contributed by atoms with Crippen LogP contribution in [0.1, 0.15) is 20.8 Å². The fourth-order valence-corrected chi connectivity index (χ4v) is 1.42. The fraction of sp³-hybridized carbons (Fsp3) is 0.462. The molecule has 1 aromatic rings. The Morgan fingerprint density at radius 2 is 2.28 bits per heavy atom. The smallest absolute Gasteiger partial charge is 0.242 e. The molecule has 0 aliphatic carbocycles. The molecular formula is C13H17N3O2. The molecule has 0 aromatic carbocycles. The minimum atomic E-state index is -0.656. The zero-order chi connectivity index (χ0) is 13.5. The van der Waals surface area contributed by atoms with Crippen molar-refractivity contribution in [1.29, 1.82) is 5.26 Å². The normalized spacial score (nSPS) is 11.7. The Morgan fingerprint density at radius 1 is 1.56 bits per heavy atom. The van der Waals surface area contributed by atoms with E-state index >= 15 is 0 Å². The topological polar surface area (TPSA) is 75.0 Å². The molecule has 0 saturated carbocycles. The van der Waals surface area contributed by atoms with Crippen molar-refractivity contribution < 1.29 is 9.53 Å². The van der Waals surface area contributed by atoms with Crippen LogP contribution in [0, 0.1) is 23.2 Å². The van der Waals surface area contributed by atoms with Gasteiger partial charge in [0.15, 0.2) is 0 Å². The van der Waals surface area contributed by atoms with Gasteiger partial charge in [-0.05, 0) is 18.9 Å². The van der Waals surface area contributed by atoms with E-state index in [0.29, 0.717) is 18.2 Å². The van der Waals surface area contributed by atoms with Gasteiger partial charge in [0.1, 0.15) is 5.92 Å². The number of pyridine rings is 1. The van der Waals surface area contributed by atoms with Gasteiger partial charge in [-0.1, -0.05) is 13.8 Å². The van der Waals surface area contributed by atoms with Gasteiger partial charge in [0, 0.05) is 6.07 Å². The van der Waals surface area contributed by atoms with E-state index in [0.717, 1.165) is 0 Å². The highest BCUT2D eigenvalue weighted by Crippen LogP contribution is 2.15. The fourth-order valence-electron chi connectivity index (χ4n) is 1.42. The first-order chi connectivity index (χ1) is 8.58. The molecule has 0 aliphatic rings. The van der Waals surface area contributed by atoms with E-state index < -0.39 is 5.92 Å². The van der Waals surface area contributed by atoms with Crippen LogP contribution in [-0.2, 0) is 4.79 Å². The maximum atomic E-state index is 11.8. The molecular weight excluding hydrogens is 230 g/mol. The Labute approximate surface area is 107 Å². The average Bonchev–Trinajstić information content (AvgIpc) is 2.32. The van der Waals surface area contributed by atoms with Crippen LogP contribution in [0.3, 0.4) is 0 Å². The summed E-state index contributed by atoms with van der Waals surface area (Å²) in [5, 5.41) is 11.6. The van der Waals surface area contributed by atoms with Crippen LogP contribution in [0.4, 0.5) is 5.69 Å². The molecule has 5 heteroatoms. The third-order valence-electron chi connectivity index (χ3n) is 2.38. The lowest BCUT2D eigenvalue weighted by Gasteiger charge is -2.13. The first kappa shape index (κ1) is 14.0. The lowest BCUT2D eigenvalue weighted by molar-refractivity contribution is -0.119. The molecule has 0 saturated heterocycles. The van der Waals surface area contributed by atoms with Crippen molar-refractivity contribution in [1.82, 2.24) is 4.98 Å². The zero-order valence-corrected chi connectivity index (χ0v) is 10.8. The number of carbonyl (C=O) groups excluding carboxylic acids is 1. The molecule has 18 heavy (non-hydrogen) atoms. The summed E-state index contributed by atoms with van der Waals surface area (Å²) >= 11 is 0. The quantitative estimate of drug-likeness (QED) is 0.865. The summed E-state index contributed by atoms with van der Waals surface area (Å²) < 4.78 is 5.20. The molecule has 0 fully saturated rings. The summed E-state index contributed by atoms with van der Waals surface area (Å²) in [6.45, 7) is 6.09. The van der Waals surface area contributed by atoms with Crippen molar-refractivity contribution in [3.63, 3.8) is 0 Å². The third-order valence-corrected chi connectivity index (χ3v) is 2.38. The van der Waals surface area contributed by atoms with Crippen molar-refractivity contribution in [2.24, 2.45) is 11.8 Å². The van der Waals surface area contributed by atoms with Crippen molar-refractivity contribution >= 4 is 11.6 Å². The van der Waals surface area contributed by atoms with Crippen molar-refractivity contribution in [2.45, 2.75) is 20.8 Å². The highest BCUT2D eigenvalue weighted by atomic mass is 16.5. The minimum absolute atomic E-state index is 0.0225. The Bertz CT molecular complexity index is 435. The second kappa shape index (κ2) is 6.60. The van der Waals surface area contributed by atoms with E-state index in [9.17, 15) is 4.79 Å². The van der Waals surface area contributed by atoms with E-state index in [1.807, 2.05) is 26.8 Å². The predicted octanol–water partition coefficient (Wildman–Crippen LogP) is 2.21. The number of nitrogens with one attached hydrogen (secondary N) is 1. The number of carbonyl (C=O) groups is 1. The van der Waals surface area contributed by atoms with Crippen molar-refractivity contribution in [3.8, 4) is 11.9 Å². The molecule has 1 heterocycles. The average molecular weight is 247 g/mol. The molecule has 0 bridgehead atoms. The van der Waals surface area contributed by atoms with Crippen LogP contribution in [0.5, 0.6) is 5.88 Å². The number of rotatable bonds is 5. The summed E-state index contributed by atoms with van der Waals surface area (Å²) in [4.78, 5) is 15.8. The van der Waals surface area contributed by atoms with E-state index in [4.69, 9.17) is 10.00 Å². The lowest BCUT2D eigenvalue weighted by atomic mass is 9.97. The predicted molar refractivity (Wildman–Crippen MR) is 68.0 cm³/mol. The van der Waals surface area contributed by atoms with Gasteiger partial charge in [0.2, 0.25) is 11.8 Å². The third kappa shape index (κ3) is 3.74. The number of hydrogen-bond donors (Lipinski definition) is 1. The Kier molecular flexibility index (Phi) is 5.12. The van der Waals surface area contributed by atoms with Crippen LogP contribution in [0.25, 0.3) is 0 Å².